The van der Waals surface area contributed by atoms with E-state index in [0.717, 1.165) is 32.1 Å². The van der Waals surface area contributed by atoms with Gasteiger partial charge in [0.15, 0.2) is 0 Å². The molecule has 0 bridgehead atoms. The Morgan fingerprint density at radius 3 is 2.57 bits per heavy atom. The van der Waals surface area contributed by atoms with Crippen molar-refractivity contribution in [2.24, 2.45) is 5.92 Å². The molecule has 0 radical (unpaired) electrons. The van der Waals surface area contributed by atoms with Gasteiger partial charge in [-0.3, -0.25) is 4.79 Å². The summed E-state index contributed by atoms with van der Waals surface area (Å²) in [5, 5.41) is 12.2. The number of carbonyl (C=O) groups excluding carboxylic acids is 1. The van der Waals surface area contributed by atoms with Crippen molar-refractivity contribution in [1.29, 1.82) is 0 Å². The number of benzene rings is 1. The fourth-order valence-corrected chi connectivity index (χ4v) is 2.79. The molecule has 1 saturated carbocycles. The minimum Gasteiger partial charge on any atom is -0.396 e. The quantitative estimate of drug-likeness (QED) is 0.844. The molecule has 21 heavy (non-hydrogen) atoms. The van der Waals surface area contributed by atoms with E-state index in [1.165, 1.54) is 5.56 Å². The van der Waals surface area contributed by atoms with Crippen LogP contribution in [-0.4, -0.2) is 23.7 Å². The molecule has 2 rings (SSSR count). The van der Waals surface area contributed by atoms with Gasteiger partial charge in [0, 0.05) is 19.1 Å². The van der Waals surface area contributed by atoms with Gasteiger partial charge in [0.1, 0.15) is 0 Å². The summed E-state index contributed by atoms with van der Waals surface area (Å²) in [6.07, 6.45) is 9.46. The summed E-state index contributed by atoms with van der Waals surface area (Å²) in [6, 6.07) is 10.4. The lowest BCUT2D eigenvalue weighted by Gasteiger charge is -2.27. The number of amides is 1. The summed E-state index contributed by atoms with van der Waals surface area (Å²) in [7, 11) is 0. The van der Waals surface area contributed by atoms with E-state index in [9.17, 15) is 4.79 Å². The summed E-state index contributed by atoms with van der Waals surface area (Å²) >= 11 is 0. The van der Waals surface area contributed by atoms with E-state index in [4.69, 9.17) is 5.11 Å². The van der Waals surface area contributed by atoms with E-state index < -0.39 is 0 Å². The molecule has 2 N–H and O–H groups in total. The molecule has 0 saturated heterocycles. The Morgan fingerprint density at radius 1 is 1.19 bits per heavy atom. The Morgan fingerprint density at radius 2 is 1.90 bits per heavy atom. The number of hydrogen-bond acceptors (Lipinski definition) is 2. The van der Waals surface area contributed by atoms with Crippen molar-refractivity contribution >= 4 is 12.0 Å². The molecule has 1 aromatic rings. The molecular formula is C18H25NO2. The molecule has 0 aromatic heterocycles. The minimum absolute atomic E-state index is 0.139. The van der Waals surface area contributed by atoms with E-state index in [-0.39, 0.29) is 12.5 Å². The second-order valence-corrected chi connectivity index (χ2v) is 5.82. The van der Waals surface area contributed by atoms with Crippen LogP contribution in [0.3, 0.4) is 0 Å². The molecule has 1 aliphatic rings. The third kappa shape index (κ3) is 5.72. The molecule has 1 amide bonds. The van der Waals surface area contributed by atoms with Crippen LogP contribution in [-0.2, 0) is 4.79 Å². The molecular weight excluding hydrogens is 262 g/mol. The zero-order valence-corrected chi connectivity index (χ0v) is 12.5. The second kappa shape index (κ2) is 8.63. The van der Waals surface area contributed by atoms with Crippen LogP contribution in [0.2, 0.25) is 0 Å². The van der Waals surface area contributed by atoms with Crippen molar-refractivity contribution in [1.82, 2.24) is 5.32 Å². The van der Waals surface area contributed by atoms with Crippen LogP contribution >= 0.6 is 0 Å². The van der Waals surface area contributed by atoms with Gasteiger partial charge in [-0.05, 0) is 43.6 Å². The van der Waals surface area contributed by atoms with Gasteiger partial charge >= 0.3 is 0 Å². The summed E-state index contributed by atoms with van der Waals surface area (Å²) in [5.74, 6) is 0.576. The molecule has 0 heterocycles. The third-order valence-corrected chi connectivity index (χ3v) is 4.12. The maximum Gasteiger partial charge on any atom is 0.220 e. The number of aliphatic hydroxyl groups is 1. The smallest absolute Gasteiger partial charge is 0.220 e. The summed E-state index contributed by atoms with van der Waals surface area (Å²) in [6.45, 7) is 0.283. The van der Waals surface area contributed by atoms with Crippen LogP contribution in [0.15, 0.2) is 36.4 Å². The van der Waals surface area contributed by atoms with Gasteiger partial charge in [-0.25, -0.2) is 0 Å². The number of nitrogens with one attached hydrogen (secondary N) is 1. The fourth-order valence-electron chi connectivity index (χ4n) is 2.79. The Kier molecular flexibility index (Phi) is 6.48. The lowest BCUT2D eigenvalue weighted by atomic mass is 9.86. The first kappa shape index (κ1) is 15.8. The number of rotatable bonds is 6. The highest BCUT2D eigenvalue weighted by atomic mass is 16.3. The SMILES string of the molecule is O=C(CC/C=C/c1ccccc1)NC1CCC(CO)CC1. The van der Waals surface area contributed by atoms with Gasteiger partial charge < -0.3 is 10.4 Å². The van der Waals surface area contributed by atoms with Crippen LogP contribution in [0.4, 0.5) is 0 Å². The van der Waals surface area contributed by atoms with E-state index in [1.54, 1.807) is 0 Å². The van der Waals surface area contributed by atoms with Crippen molar-refractivity contribution in [3.63, 3.8) is 0 Å². The molecule has 1 aromatic carbocycles. The average Bonchev–Trinajstić information content (AvgIpc) is 2.53. The summed E-state index contributed by atoms with van der Waals surface area (Å²) in [4.78, 5) is 11.9. The van der Waals surface area contributed by atoms with Gasteiger partial charge in [-0.15, -0.1) is 0 Å². The zero-order valence-electron chi connectivity index (χ0n) is 12.5. The number of allylic oxidation sites excluding steroid dienone is 1. The predicted octanol–water partition coefficient (Wildman–Crippen LogP) is 3.15. The average molecular weight is 287 g/mol. The summed E-state index contributed by atoms with van der Waals surface area (Å²) < 4.78 is 0. The van der Waals surface area contributed by atoms with Crippen molar-refractivity contribution in [3.05, 3.63) is 42.0 Å². The molecule has 114 valence electrons. The topological polar surface area (TPSA) is 49.3 Å². The lowest BCUT2D eigenvalue weighted by Crippen LogP contribution is -2.37. The molecule has 1 aliphatic carbocycles. The van der Waals surface area contributed by atoms with E-state index in [1.807, 2.05) is 18.2 Å². The Labute approximate surface area is 127 Å². The number of carbonyl (C=O) groups is 1. The molecule has 0 aliphatic heterocycles. The van der Waals surface area contributed by atoms with Gasteiger partial charge in [0.25, 0.3) is 0 Å². The van der Waals surface area contributed by atoms with Gasteiger partial charge in [0.2, 0.25) is 5.91 Å². The number of hydrogen-bond donors (Lipinski definition) is 2. The molecule has 0 unspecified atom stereocenters. The first-order valence-corrected chi connectivity index (χ1v) is 7.89. The Hall–Kier alpha value is -1.61. The van der Waals surface area contributed by atoms with Crippen molar-refractivity contribution in [3.8, 4) is 0 Å². The molecule has 3 nitrogen and oxygen atoms in total. The highest BCUT2D eigenvalue weighted by Gasteiger charge is 2.21. The van der Waals surface area contributed by atoms with Crippen molar-refractivity contribution in [2.75, 3.05) is 6.61 Å². The van der Waals surface area contributed by atoms with Crippen LogP contribution in [0.5, 0.6) is 0 Å². The van der Waals surface area contributed by atoms with Crippen molar-refractivity contribution in [2.45, 2.75) is 44.6 Å². The maximum atomic E-state index is 11.9. The van der Waals surface area contributed by atoms with Crippen LogP contribution in [0, 0.1) is 5.92 Å². The second-order valence-electron chi connectivity index (χ2n) is 5.82. The molecule has 1 fully saturated rings. The Bertz CT molecular complexity index is 448. The normalized spacial score (nSPS) is 22.3. The maximum absolute atomic E-state index is 11.9. The number of aliphatic hydroxyl groups excluding tert-OH is 1. The first-order valence-electron chi connectivity index (χ1n) is 7.89. The third-order valence-electron chi connectivity index (χ3n) is 4.12. The lowest BCUT2D eigenvalue weighted by molar-refractivity contribution is -0.122. The van der Waals surface area contributed by atoms with Gasteiger partial charge in [-0.1, -0.05) is 42.5 Å². The van der Waals surface area contributed by atoms with Gasteiger partial charge in [0.05, 0.1) is 0 Å². The molecule has 0 atom stereocenters. The first-order chi connectivity index (χ1) is 10.3. The summed E-state index contributed by atoms with van der Waals surface area (Å²) in [5.41, 5.74) is 1.17. The fraction of sp³-hybridized carbons (Fsp3) is 0.500. The minimum atomic E-state index is 0.139. The monoisotopic (exact) mass is 287 g/mol. The van der Waals surface area contributed by atoms with Crippen LogP contribution in [0.1, 0.15) is 44.1 Å². The van der Waals surface area contributed by atoms with Crippen LogP contribution < -0.4 is 5.32 Å². The highest BCUT2D eigenvalue weighted by Crippen LogP contribution is 2.23. The van der Waals surface area contributed by atoms with Gasteiger partial charge in [-0.2, -0.15) is 0 Å². The van der Waals surface area contributed by atoms with E-state index >= 15 is 0 Å². The standard InChI is InChI=1S/C18H25NO2/c20-14-16-10-12-17(13-11-16)19-18(21)9-5-4-8-15-6-2-1-3-7-15/h1-4,6-8,16-17,20H,5,9-14H2,(H,19,21)/b8-4+. The van der Waals surface area contributed by atoms with E-state index in [2.05, 4.69) is 29.6 Å². The Balaban J connectivity index is 1.63. The van der Waals surface area contributed by atoms with E-state index in [0.29, 0.717) is 18.4 Å². The largest absolute Gasteiger partial charge is 0.396 e. The highest BCUT2D eigenvalue weighted by molar-refractivity contribution is 5.76. The molecule has 0 spiro atoms. The zero-order chi connectivity index (χ0) is 14.9. The van der Waals surface area contributed by atoms with Crippen LogP contribution in [0.25, 0.3) is 6.08 Å². The molecule has 3 heteroatoms. The predicted molar refractivity (Wildman–Crippen MR) is 85.7 cm³/mol. The van der Waals surface area contributed by atoms with Crippen molar-refractivity contribution < 1.29 is 9.90 Å².